The number of allylic oxidation sites excluding steroid dienone is 1. The second-order valence-electron chi connectivity index (χ2n) is 2.57. The van der Waals surface area contributed by atoms with Crippen LogP contribution in [0.15, 0.2) is 18.7 Å². The summed E-state index contributed by atoms with van der Waals surface area (Å²) in [5.74, 6) is -2.87. The number of aromatic hydroxyl groups is 1. The summed E-state index contributed by atoms with van der Waals surface area (Å²) >= 11 is 0. The first-order valence-corrected chi connectivity index (χ1v) is 3.36. The molecule has 1 nitrogen and oxygen atoms in total. The van der Waals surface area contributed by atoms with Crippen molar-refractivity contribution in [1.29, 1.82) is 0 Å². The highest BCUT2D eigenvalue weighted by Gasteiger charge is 2.09. The van der Waals surface area contributed by atoms with Crippen LogP contribution >= 0.6 is 0 Å². The first-order chi connectivity index (χ1) is 5.52. The zero-order valence-corrected chi connectivity index (χ0v) is 6.56. The van der Waals surface area contributed by atoms with Crippen LogP contribution in [0.25, 0.3) is 5.57 Å². The molecule has 0 bridgehead atoms. The molecule has 3 heteroatoms. The van der Waals surface area contributed by atoms with Crippen LogP contribution in [0.3, 0.4) is 0 Å². The van der Waals surface area contributed by atoms with Crippen LogP contribution in [0.1, 0.15) is 12.5 Å². The molecule has 0 amide bonds. The van der Waals surface area contributed by atoms with Crippen LogP contribution in [-0.4, -0.2) is 5.11 Å². The van der Waals surface area contributed by atoms with E-state index in [2.05, 4.69) is 6.58 Å². The van der Waals surface area contributed by atoms with Gasteiger partial charge in [0.15, 0.2) is 17.4 Å². The van der Waals surface area contributed by atoms with E-state index in [1.165, 1.54) is 0 Å². The normalized spacial score (nSPS) is 9.92. The van der Waals surface area contributed by atoms with Crippen LogP contribution in [0.2, 0.25) is 0 Å². The fourth-order valence-corrected chi connectivity index (χ4v) is 0.812. The van der Waals surface area contributed by atoms with Gasteiger partial charge in [0.1, 0.15) is 0 Å². The van der Waals surface area contributed by atoms with Crippen molar-refractivity contribution in [3.63, 3.8) is 0 Å². The van der Waals surface area contributed by atoms with E-state index in [0.29, 0.717) is 11.1 Å². The van der Waals surface area contributed by atoms with Crippen LogP contribution in [0.5, 0.6) is 5.75 Å². The van der Waals surface area contributed by atoms with Gasteiger partial charge in [-0.1, -0.05) is 12.2 Å². The predicted octanol–water partition coefficient (Wildman–Crippen LogP) is 2.70. The van der Waals surface area contributed by atoms with Crippen molar-refractivity contribution in [2.75, 3.05) is 0 Å². The van der Waals surface area contributed by atoms with Crippen LogP contribution in [-0.2, 0) is 0 Å². The summed E-state index contributed by atoms with van der Waals surface area (Å²) in [6.45, 7) is 5.15. The van der Waals surface area contributed by atoms with Gasteiger partial charge >= 0.3 is 0 Å². The number of halogens is 2. The van der Waals surface area contributed by atoms with Crippen LogP contribution in [0.4, 0.5) is 8.78 Å². The Balaban J connectivity index is 3.31. The summed E-state index contributed by atoms with van der Waals surface area (Å²) in [7, 11) is 0. The third-order valence-electron chi connectivity index (χ3n) is 1.51. The summed E-state index contributed by atoms with van der Waals surface area (Å²) < 4.78 is 25.3. The standard InChI is InChI=1S/C9H8F2O/c1-5(2)6-3-7(10)9(12)8(11)4-6/h3-4,12H,1H2,2H3. The van der Waals surface area contributed by atoms with Gasteiger partial charge in [-0.25, -0.2) is 8.78 Å². The number of phenols is 1. The Kier molecular flexibility index (Phi) is 2.13. The van der Waals surface area contributed by atoms with Crippen molar-refractivity contribution in [2.45, 2.75) is 6.92 Å². The molecule has 0 unspecified atom stereocenters. The summed E-state index contributed by atoms with van der Waals surface area (Å²) in [4.78, 5) is 0. The van der Waals surface area contributed by atoms with Gasteiger partial charge < -0.3 is 5.11 Å². The quantitative estimate of drug-likeness (QED) is 0.687. The lowest BCUT2D eigenvalue weighted by Gasteiger charge is -2.02. The first kappa shape index (κ1) is 8.71. The first-order valence-electron chi connectivity index (χ1n) is 3.36. The maximum atomic E-state index is 12.7. The summed E-state index contributed by atoms with van der Waals surface area (Å²) in [5, 5.41) is 8.73. The Hall–Kier alpha value is -1.38. The highest BCUT2D eigenvalue weighted by molar-refractivity contribution is 5.62. The van der Waals surface area contributed by atoms with Crippen LogP contribution in [0, 0.1) is 11.6 Å². The minimum absolute atomic E-state index is 0.350. The van der Waals surface area contributed by atoms with E-state index in [-0.39, 0.29) is 0 Å². The highest BCUT2D eigenvalue weighted by Crippen LogP contribution is 2.24. The molecule has 1 rings (SSSR count). The zero-order valence-electron chi connectivity index (χ0n) is 6.56. The van der Waals surface area contributed by atoms with Crippen LogP contribution < -0.4 is 0 Å². The molecule has 0 saturated heterocycles. The molecular formula is C9H8F2O. The van der Waals surface area contributed by atoms with Crippen molar-refractivity contribution in [3.8, 4) is 5.75 Å². The minimum atomic E-state index is -0.965. The molecular weight excluding hydrogens is 162 g/mol. The molecule has 0 fully saturated rings. The van der Waals surface area contributed by atoms with Crippen molar-refractivity contribution in [1.82, 2.24) is 0 Å². The molecule has 1 N–H and O–H groups in total. The van der Waals surface area contributed by atoms with E-state index >= 15 is 0 Å². The van der Waals surface area contributed by atoms with E-state index in [4.69, 9.17) is 5.11 Å². The molecule has 0 aliphatic rings. The van der Waals surface area contributed by atoms with Crippen molar-refractivity contribution in [2.24, 2.45) is 0 Å². The molecule has 12 heavy (non-hydrogen) atoms. The van der Waals surface area contributed by atoms with Gasteiger partial charge in [0, 0.05) is 0 Å². The number of benzene rings is 1. The second-order valence-corrected chi connectivity index (χ2v) is 2.57. The minimum Gasteiger partial charge on any atom is -0.503 e. The lowest BCUT2D eigenvalue weighted by molar-refractivity contribution is 0.396. The molecule has 0 aliphatic heterocycles. The van der Waals surface area contributed by atoms with Crippen molar-refractivity contribution < 1.29 is 13.9 Å². The lowest BCUT2D eigenvalue weighted by atomic mass is 10.1. The summed E-state index contributed by atoms with van der Waals surface area (Å²) in [6, 6.07) is 2.08. The molecule has 0 spiro atoms. The number of hydrogen-bond donors (Lipinski definition) is 1. The predicted molar refractivity (Wildman–Crippen MR) is 42.7 cm³/mol. The SMILES string of the molecule is C=C(C)c1cc(F)c(O)c(F)c1. The molecule has 0 saturated carbocycles. The molecule has 0 atom stereocenters. The fraction of sp³-hybridized carbons (Fsp3) is 0.111. The fourth-order valence-electron chi connectivity index (χ4n) is 0.812. The van der Waals surface area contributed by atoms with Gasteiger partial charge in [-0.15, -0.1) is 0 Å². The molecule has 64 valence electrons. The van der Waals surface area contributed by atoms with Gasteiger partial charge in [0.25, 0.3) is 0 Å². The third-order valence-corrected chi connectivity index (χ3v) is 1.51. The summed E-state index contributed by atoms with van der Waals surface area (Å²) in [5.41, 5.74) is 0.899. The van der Waals surface area contributed by atoms with E-state index in [1.807, 2.05) is 0 Å². The van der Waals surface area contributed by atoms with E-state index in [0.717, 1.165) is 12.1 Å². The average molecular weight is 170 g/mol. The highest BCUT2D eigenvalue weighted by atomic mass is 19.1. The molecule has 1 aromatic carbocycles. The molecule has 0 heterocycles. The molecule has 1 aromatic rings. The van der Waals surface area contributed by atoms with E-state index in [1.54, 1.807) is 6.92 Å². The molecule has 0 aromatic heterocycles. The number of phenolic OH excluding ortho intramolecular Hbond substituents is 1. The smallest absolute Gasteiger partial charge is 0.187 e. The van der Waals surface area contributed by atoms with Gasteiger partial charge in [-0.2, -0.15) is 0 Å². The number of hydrogen-bond acceptors (Lipinski definition) is 1. The second kappa shape index (κ2) is 2.93. The summed E-state index contributed by atoms with van der Waals surface area (Å²) in [6.07, 6.45) is 0. The number of rotatable bonds is 1. The van der Waals surface area contributed by atoms with Gasteiger partial charge in [0.2, 0.25) is 0 Å². The van der Waals surface area contributed by atoms with E-state index in [9.17, 15) is 8.78 Å². The Morgan fingerprint density at radius 2 is 1.75 bits per heavy atom. The monoisotopic (exact) mass is 170 g/mol. The van der Waals surface area contributed by atoms with Gasteiger partial charge in [0.05, 0.1) is 0 Å². The van der Waals surface area contributed by atoms with Crippen molar-refractivity contribution in [3.05, 3.63) is 35.9 Å². The van der Waals surface area contributed by atoms with Gasteiger partial charge in [-0.3, -0.25) is 0 Å². The lowest BCUT2D eigenvalue weighted by Crippen LogP contribution is -1.86. The Morgan fingerprint density at radius 1 is 1.33 bits per heavy atom. The Labute approximate surface area is 69.0 Å². The van der Waals surface area contributed by atoms with Gasteiger partial charge in [-0.05, 0) is 24.6 Å². The van der Waals surface area contributed by atoms with E-state index < -0.39 is 17.4 Å². The maximum Gasteiger partial charge on any atom is 0.187 e. The maximum absolute atomic E-state index is 12.7. The third kappa shape index (κ3) is 1.44. The average Bonchev–Trinajstić information content (AvgIpc) is 1.99. The van der Waals surface area contributed by atoms with Crippen molar-refractivity contribution >= 4 is 5.57 Å². The molecule has 0 aliphatic carbocycles. The molecule has 0 radical (unpaired) electrons. The Bertz CT molecular complexity index is 308. The largest absolute Gasteiger partial charge is 0.503 e. The topological polar surface area (TPSA) is 20.2 Å². The Morgan fingerprint density at radius 3 is 2.08 bits per heavy atom. The zero-order chi connectivity index (χ0) is 9.30.